The van der Waals surface area contributed by atoms with Gasteiger partial charge in [-0.3, -0.25) is 4.79 Å². The molecule has 0 atom stereocenters. The van der Waals surface area contributed by atoms with Crippen molar-refractivity contribution < 1.29 is 4.79 Å². The minimum Gasteiger partial charge on any atom is -0.343 e. The molecule has 2 nitrogen and oxygen atoms in total. The summed E-state index contributed by atoms with van der Waals surface area (Å²) in [5.41, 5.74) is 3.14. The highest BCUT2D eigenvalue weighted by Gasteiger charge is 2.36. The van der Waals surface area contributed by atoms with Crippen molar-refractivity contribution in [3.05, 3.63) is 34.9 Å². The van der Waals surface area contributed by atoms with Crippen LogP contribution in [0.1, 0.15) is 48.7 Å². The Hall–Kier alpha value is -1.31. The normalized spacial score (nSPS) is 17.4. The zero-order valence-electron chi connectivity index (χ0n) is 9.55. The molecule has 0 bridgehead atoms. The molecule has 0 unspecified atom stereocenters. The molecule has 0 spiro atoms. The molecule has 0 saturated heterocycles. The average molecular weight is 203 g/mol. The van der Waals surface area contributed by atoms with Crippen LogP contribution < -0.4 is 5.32 Å². The summed E-state index contributed by atoms with van der Waals surface area (Å²) in [4.78, 5) is 11.7. The Bertz CT molecular complexity index is 407. The molecule has 1 aromatic rings. The Morgan fingerprint density at radius 2 is 2.07 bits per heavy atom. The molecule has 0 saturated carbocycles. The van der Waals surface area contributed by atoms with Crippen molar-refractivity contribution in [1.29, 1.82) is 0 Å². The third kappa shape index (κ3) is 1.54. The van der Waals surface area contributed by atoms with Gasteiger partial charge in [0.05, 0.1) is 5.54 Å². The number of hydrogen-bond donors (Lipinski definition) is 1. The highest BCUT2D eigenvalue weighted by Crippen LogP contribution is 2.33. The van der Waals surface area contributed by atoms with E-state index in [0.29, 0.717) is 0 Å². The van der Waals surface area contributed by atoms with E-state index in [1.165, 1.54) is 11.1 Å². The molecule has 1 aromatic carbocycles. The number of amides is 1. The van der Waals surface area contributed by atoms with Gasteiger partial charge in [0.25, 0.3) is 5.91 Å². The number of carbonyl (C=O) groups is 1. The summed E-state index contributed by atoms with van der Waals surface area (Å²) in [6.45, 7) is 6.29. The smallest absolute Gasteiger partial charge is 0.252 e. The van der Waals surface area contributed by atoms with Gasteiger partial charge in [0.2, 0.25) is 0 Å². The minimum atomic E-state index is -0.210. The maximum Gasteiger partial charge on any atom is 0.252 e. The summed E-state index contributed by atoms with van der Waals surface area (Å²) in [6, 6.07) is 6.02. The zero-order chi connectivity index (χ0) is 11.1. The maximum atomic E-state index is 11.7. The van der Waals surface area contributed by atoms with E-state index in [1.54, 1.807) is 0 Å². The van der Waals surface area contributed by atoms with Gasteiger partial charge in [0, 0.05) is 5.56 Å². The Morgan fingerprint density at radius 3 is 2.73 bits per heavy atom. The second-order valence-electron chi connectivity index (χ2n) is 4.67. The number of carbonyl (C=O) groups excluding carboxylic acids is 1. The predicted octanol–water partition coefficient (Wildman–Crippen LogP) is 2.62. The number of nitrogens with one attached hydrogen (secondary N) is 1. The molecule has 0 aliphatic carbocycles. The second kappa shape index (κ2) is 3.37. The van der Waals surface area contributed by atoms with Crippen molar-refractivity contribution in [1.82, 2.24) is 5.32 Å². The number of hydrogen-bond acceptors (Lipinski definition) is 1. The molecular formula is C13H17NO. The fraction of sp³-hybridized carbons (Fsp3) is 0.462. The first-order valence-electron chi connectivity index (χ1n) is 5.51. The number of aryl methyl sites for hydroxylation is 1. The fourth-order valence-corrected chi connectivity index (χ4v) is 2.42. The molecule has 1 amide bonds. The molecule has 1 aliphatic heterocycles. The van der Waals surface area contributed by atoms with Crippen LogP contribution in [0.5, 0.6) is 0 Å². The van der Waals surface area contributed by atoms with Gasteiger partial charge in [0.1, 0.15) is 0 Å². The van der Waals surface area contributed by atoms with Gasteiger partial charge in [-0.2, -0.15) is 0 Å². The molecule has 15 heavy (non-hydrogen) atoms. The minimum absolute atomic E-state index is 0.0629. The quantitative estimate of drug-likeness (QED) is 0.786. The number of rotatable bonds is 2. The van der Waals surface area contributed by atoms with Gasteiger partial charge in [0.15, 0.2) is 0 Å². The van der Waals surface area contributed by atoms with Crippen LogP contribution in [0.15, 0.2) is 18.2 Å². The van der Waals surface area contributed by atoms with Crippen molar-refractivity contribution in [2.24, 2.45) is 0 Å². The van der Waals surface area contributed by atoms with E-state index >= 15 is 0 Å². The highest BCUT2D eigenvalue weighted by molar-refractivity contribution is 6.00. The zero-order valence-corrected chi connectivity index (χ0v) is 9.55. The van der Waals surface area contributed by atoms with Gasteiger partial charge in [-0.1, -0.05) is 25.5 Å². The highest BCUT2D eigenvalue weighted by atomic mass is 16.2. The summed E-state index contributed by atoms with van der Waals surface area (Å²) >= 11 is 0. The second-order valence-corrected chi connectivity index (χ2v) is 4.67. The first-order chi connectivity index (χ1) is 7.06. The fourth-order valence-electron chi connectivity index (χ4n) is 2.42. The Labute approximate surface area is 90.7 Å². The summed E-state index contributed by atoms with van der Waals surface area (Å²) < 4.78 is 0. The maximum absolute atomic E-state index is 11.7. The van der Waals surface area contributed by atoms with Crippen molar-refractivity contribution in [3.8, 4) is 0 Å². The molecule has 0 fully saturated rings. The Balaban J connectivity index is 2.59. The Kier molecular flexibility index (Phi) is 2.29. The summed E-state index contributed by atoms with van der Waals surface area (Å²) in [7, 11) is 0. The van der Waals surface area contributed by atoms with Gasteiger partial charge in [-0.15, -0.1) is 0 Å². The SMILES string of the molecule is CCCc1cccc2c1C(C)(C)NC2=O. The molecule has 2 heteroatoms. The summed E-state index contributed by atoms with van der Waals surface area (Å²) in [5.74, 6) is 0.0629. The third-order valence-corrected chi connectivity index (χ3v) is 2.97. The van der Waals surface area contributed by atoms with E-state index in [0.717, 1.165) is 18.4 Å². The van der Waals surface area contributed by atoms with Crippen molar-refractivity contribution in [2.45, 2.75) is 39.2 Å². The third-order valence-electron chi connectivity index (χ3n) is 2.97. The van der Waals surface area contributed by atoms with E-state index in [1.807, 2.05) is 12.1 Å². The van der Waals surface area contributed by atoms with Gasteiger partial charge >= 0.3 is 0 Å². The van der Waals surface area contributed by atoms with E-state index in [-0.39, 0.29) is 11.4 Å². The molecule has 80 valence electrons. The van der Waals surface area contributed by atoms with Gasteiger partial charge in [-0.05, 0) is 37.5 Å². The molecule has 1 heterocycles. The number of fused-ring (bicyclic) bond motifs is 1. The predicted molar refractivity (Wildman–Crippen MR) is 60.9 cm³/mol. The largest absolute Gasteiger partial charge is 0.343 e. The lowest BCUT2D eigenvalue weighted by Gasteiger charge is -2.22. The van der Waals surface area contributed by atoms with Crippen LogP contribution in [0.2, 0.25) is 0 Å². The van der Waals surface area contributed by atoms with Crippen molar-refractivity contribution in [3.63, 3.8) is 0 Å². The lowest BCUT2D eigenvalue weighted by atomic mass is 9.88. The van der Waals surface area contributed by atoms with E-state index < -0.39 is 0 Å². The first kappa shape index (κ1) is 10.2. The van der Waals surface area contributed by atoms with Crippen LogP contribution in [0.25, 0.3) is 0 Å². The molecular weight excluding hydrogens is 186 g/mol. The molecule has 0 aromatic heterocycles. The van der Waals surface area contributed by atoms with Crippen molar-refractivity contribution >= 4 is 5.91 Å². The summed E-state index contributed by atoms with van der Waals surface area (Å²) in [6.07, 6.45) is 2.16. The van der Waals surface area contributed by atoms with Crippen molar-refractivity contribution in [2.75, 3.05) is 0 Å². The monoisotopic (exact) mass is 203 g/mol. The van der Waals surface area contributed by atoms with Gasteiger partial charge < -0.3 is 5.32 Å². The lowest BCUT2D eigenvalue weighted by molar-refractivity contribution is 0.0940. The average Bonchev–Trinajstić information content (AvgIpc) is 2.39. The lowest BCUT2D eigenvalue weighted by Crippen LogP contribution is -2.33. The Morgan fingerprint density at radius 1 is 1.33 bits per heavy atom. The van der Waals surface area contributed by atoms with E-state index in [4.69, 9.17) is 0 Å². The van der Waals surface area contributed by atoms with Crippen LogP contribution in [0, 0.1) is 0 Å². The van der Waals surface area contributed by atoms with Crippen LogP contribution >= 0.6 is 0 Å². The van der Waals surface area contributed by atoms with E-state index in [9.17, 15) is 4.79 Å². The topological polar surface area (TPSA) is 29.1 Å². The van der Waals surface area contributed by atoms with Crippen LogP contribution in [-0.2, 0) is 12.0 Å². The molecule has 2 rings (SSSR count). The van der Waals surface area contributed by atoms with Crippen LogP contribution in [0.3, 0.4) is 0 Å². The molecule has 1 aliphatic rings. The molecule has 1 N–H and O–H groups in total. The standard InChI is InChI=1S/C13H17NO/c1-4-6-9-7-5-8-10-11(9)13(2,3)14-12(10)15/h5,7-8H,4,6H2,1-3H3,(H,14,15). The number of benzene rings is 1. The van der Waals surface area contributed by atoms with Crippen LogP contribution in [0.4, 0.5) is 0 Å². The summed E-state index contributed by atoms with van der Waals surface area (Å²) in [5, 5.41) is 3.02. The first-order valence-corrected chi connectivity index (χ1v) is 5.51. The van der Waals surface area contributed by atoms with Gasteiger partial charge in [-0.25, -0.2) is 0 Å². The van der Waals surface area contributed by atoms with Crippen LogP contribution in [-0.4, -0.2) is 5.91 Å². The molecule has 0 radical (unpaired) electrons. The van der Waals surface area contributed by atoms with E-state index in [2.05, 4.69) is 32.2 Å².